The molecule has 144 valence electrons. The Hall–Kier alpha value is -1.46. The Morgan fingerprint density at radius 2 is 1.92 bits per heavy atom. The standard InChI is InChI=1S/C21H33N3O2/c1-16-4-3-5-20(23-16)17-10-13-24(14-11-17)15-12-22-21(25)18-6-8-19(26-2)9-7-18/h3-5,17-19H,6-15H2,1-2H3,(H,22,25)/t18-,19-. The fourth-order valence-electron chi connectivity index (χ4n) is 4.29. The van der Waals surface area contributed by atoms with Gasteiger partial charge in [-0.25, -0.2) is 0 Å². The quantitative estimate of drug-likeness (QED) is 0.848. The van der Waals surface area contributed by atoms with E-state index in [0.29, 0.717) is 12.0 Å². The Kier molecular flexibility index (Phi) is 7.03. The third-order valence-electron chi connectivity index (χ3n) is 6.02. The van der Waals surface area contributed by atoms with Crippen molar-refractivity contribution in [2.75, 3.05) is 33.3 Å². The molecule has 1 aliphatic heterocycles. The van der Waals surface area contributed by atoms with Crippen LogP contribution in [0.1, 0.15) is 55.8 Å². The number of methoxy groups -OCH3 is 1. The predicted octanol–water partition coefficient (Wildman–Crippen LogP) is 2.89. The number of carbonyl (C=O) groups excluding carboxylic acids is 1. The molecule has 5 heteroatoms. The van der Waals surface area contributed by atoms with Gasteiger partial charge in [0.05, 0.1) is 6.10 Å². The van der Waals surface area contributed by atoms with Crippen LogP contribution in [0.3, 0.4) is 0 Å². The molecule has 0 unspecified atom stereocenters. The van der Waals surface area contributed by atoms with Crippen LogP contribution in [-0.2, 0) is 9.53 Å². The molecule has 0 bridgehead atoms. The zero-order valence-electron chi connectivity index (χ0n) is 16.2. The molecular formula is C21H33N3O2. The number of amides is 1. The number of aromatic nitrogens is 1. The fraction of sp³-hybridized carbons (Fsp3) is 0.714. The summed E-state index contributed by atoms with van der Waals surface area (Å²) in [5, 5.41) is 3.15. The highest BCUT2D eigenvalue weighted by Gasteiger charge is 2.26. The minimum Gasteiger partial charge on any atom is -0.381 e. The number of hydrogen-bond acceptors (Lipinski definition) is 4. The van der Waals surface area contributed by atoms with Crippen LogP contribution in [0.4, 0.5) is 0 Å². The lowest BCUT2D eigenvalue weighted by Crippen LogP contribution is -2.41. The lowest BCUT2D eigenvalue weighted by atomic mass is 9.87. The lowest BCUT2D eigenvalue weighted by Gasteiger charge is -2.32. The molecule has 3 rings (SSSR count). The largest absolute Gasteiger partial charge is 0.381 e. The monoisotopic (exact) mass is 359 g/mol. The van der Waals surface area contributed by atoms with Crippen LogP contribution in [0, 0.1) is 12.8 Å². The summed E-state index contributed by atoms with van der Waals surface area (Å²) in [4.78, 5) is 19.5. The van der Waals surface area contributed by atoms with Gasteiger partial charge >= 0.3 is 0 Å². The lowest BCUT2D eigenvalue weighted by molar-refractivity contribution is -0.126. The molecule has 5 nitrogen and oxygen atoms in total. The maximum Gasteiger partial charge on any atom is 0.223 e. The van der Waals surface area contributed by atoms with Crippen molar-refractivity contribution in [1.29, 1.82) is 0 Å². The van der Waals surface area contributed by atoms with Crippen molar-refractivity contribution in [1.82, 2.24) is 15.2 Å². The van der Waals surface area contributed by atoms with Gasteiger partial charge in [0.15, 0.2) is 0 Å². The molecule has 26 heavy (non-hydrogen) atoms. The molecule has 0 spiro atoms. The van der Waals surface area contributed by atoms with Gasteiger partial charge in [-0.05, 0) is 70.7 Å². The van der Waals surface area contributed by atoms with Crippen molar-refractivity contribution >= 4 is 5.91 Å². The van der Waals surface area contributed by atoms with E-state index in [2.05, 4.69) is 40.3 Å². The Morgan fingerprint density at radius 1 is 1.19 bits per heavy atom. The highest BCUT2D eigenvalue weighted by Crippen LogP contribution is 2.27. The Bertz CT molecular complexity index is 576. The van der Waals surface area contributed by atoms with E-state index < -0.39 is 0 Å². The average Bonchev–Trinajstić information content (AvgIpc) is 2.68. The van der Waals surface area contributed by atoms with E-state index in [1.165, 1.54) is 5.69 Å². The Labute approximate surface area is 157 Å². The number of nitrogens with one attached hydrogen (secondary N) is 1. The van der Waals surface area contributed by atoms with E-state index in [1.54, 1.807) is 7.11 Å². The highest BCUT2D eigenvalue weighted by atomic mass is 16.5. The van der Waals surface area contributed by atoms with Crippen LogP contribution in [-0.4, -0.2) is 55.2 Å². The van der Waals surface area contributed by atoms with Crippen LogP contribution < -0.4 is 5.32 Å². The maximum atomic E-state index is 12.3. The van der Waals surface area contributed by atoms with Crippen molar-refractivity contribution in [3.05, 3.63) is 29.6 Å². The summed E-state index contributed by atoms with van der Waals surface area (Å²) in [5.74, 6) is 0.995. The van der Waals surface area contributed by atoms with Crippen molar-refractivity contribution in [3.8, 4) is 0 Å². The Morgan fingerprint density at radius 3 is 2.58 bits per heavy atom. The second-order valence-corrected chi connectivity index (χ2v) is 7.82. The summed E-state index contributed by atoms with van der Waals surface area (Å²) >= 11 is 0. The normalized spacial score (nSPS) is 25.2. The van der Waals surface area contributed by atoms with Gasteiger partial charge in [-0.1, -0.05) is 6.07 Å². The van der Waals surface area contributed by atoms with Crippen molar-refractivity contribution in [2.24, 2.45) is 5.92 Å². The van der Waals surface area contributed by atoms with Crippen LogP contribution in [0.25, 0.3) is 0 Å². The summed E-state index contributed by atoms with van der Waals surface area (Å²) in [7, 11) is 1.77. The second kappa shape index (κ2) is 9.47. The summed E-state index contributed by atoms with van der Waals surface area (Å²) in [6.07, 6.45) is 6.60. The zero-order valence-corrected chi connectivity index (χ0v) is 16.2. The molecule has 1 saturated carbocycles. The summed E-state index contributed by atoms with van der Waals surface area (Å²) in [6.45, 7) is 5.96. The van der Waals surface area contributed by atoms with Crippen LogP contribution in [0.2, 0.25) is 0 Å². The molecule has 2 fully saturated rings. The van der Waals surface area contributed by atoms with E-state index in [4.69, 9.17) is 4.74 Å². The average molecular weight is 360 g/mol. The molecule has 2 heterocycles. The molecule has 0 aromatic carbocycles. The second-order valence-electron chi connectivity index (χ2n) is 7.82. The van der Waals surface area contributed by atoms with Gasteiger partial charge < -0.3 is 15.0 Å². The van der Waals surface area contributed by atoms with Gasteiger partial charge in [0.25, 0.3) is 0 Å². The molecule has 1 amide bonds. The van der Waals surface area contributed by atoms with E-state index in [9.17, 15) is 4.79 Å². The molecule has 1 N–H and O–H groups in total. The summed E-state index contributed by atoms with van der Waals surface area (Å²) in [6, 6.07) is 6.33. The minimum atomic E-state index is 0.180. The SMILES string of the molecule is CO[C@H]1CC[C@H](C(=O)NCCN2CCC(c3cccc(C)n3)CC2)CC1. The van der Waals surface area contributed by atoms with E-state index in [1.807, 2.05) is 0 Å². The molecule has 1 aromatic rings. The number of aryl methyl sites for hydroxylation is 1. The molecule has 2 aliphatic rings. The van der Waals surface area contributed by atoms with Gasteiger partial charge in [-0.15, -0.1) is 0 Å². The molecular weight excluding hydrogens is 326 g/mol. The predicted molar refractivity (Wildman–Crippen MR) is 103 cm³/mol. The third kappa shape index (κ3) is 5.27. The first-order valence-electron chi connectivity index (χ1n) is 10.1. The number of hydrogen-bond donors (Lipinski definition) is 1. The number of rotatable bonds is 6. The van der Waals surface area contributed by atoms with Crippen molar-refractivity contribution in [2.45, 2.75) is 57.5 Å². The Balaban J connectivity index is 1.33. The number of nitrogens with zero attached hydrogens (tertiary/aromatic N) is 2. The molecule has 0 radical (unpaired) electrons. The molecule has 1 aliphatic carbocycles. The topological polar surface area (TPSA) is 54.5 Å². The summed E-state index contributed by atoms with van der Waals surface area (Å²) < 4.78 is 5.38. The van der Waals surface area contributed by atoms with Gasteiger partial charge in [-0.2, -0.15) is 0 Å². The van der Waals surface area contributed by atoms with Gasteiger partial charge in [0.1, 0.15) is 0 Å². The van der Waals surface area contributed by atoms with E-state index in [0.717, 1.165) is 70.4 Å². The minimum absolute atomic E-state index is 0.180. The third-order valence-corrected chi connectivity index (χ3v) is 6.02. The van der Waals surface area contributed by atoms with Gasteiger partial charge in [0, 0.05) is 43.4 Å². The highest BCUT2D eigenvalue weighted by molar-refractivity contribution is 5.78. The molecule has 0 atom stereocenters. The molecule has 1 aromatic heterocycles. The first-order chi connectivity index (χ1) is 12.7. The number of piperidine rings is 1. The number of pyridine rings is 1. The number of ether oxygens (including phenoxy) is 1. The number of likely N-dealkylation sites (tertiary alicyclic amines) is 1. The summed E-state index contributed by atoms with van der Waals surface area (Å²) in [5.41, 5.74) is 2.34. The van der Waals surface area contributed by atoms with Gasteiger partial charge in [0.2, 0.25) is 5.91 Å². The van der Waals surface area contributed by atoms with E-state index in [-0.39, 0.29) is 11.8 Å². The number of carbonyl (C=O) groups is 1. The zero-order chi connectivity index (χ0) is 18.4. The first-order valence-corrected chi connectivity index (χ1v) is 10.1. The van der Waals surface area contributed by atoms with Gasteiger partial charge in [-0.3, -0.25) is 9.78 Å². The van der Waals surface area contributed by atoms with Crippen molar-refractivity contribution in [3.63, 3.8) is 0 Å². The molecule has 1 saturated heterocycles. The van der Waals surface area contributed by atoms with Crippen molar-refractivity contribution < 1.29 is 9.53 Å². The van der Waals surface area contributed by atoms with Crippen LogP contribution in [0.15, 0.2) is 18.2 Å². The van der Waals surface area contributed by atoms with Crippen LogP contribution in [0.5, 0.6) is 0 Å². The first kappa shape index (κ1) is 19.3. The maximum absolute atomic E-state index is 12.3. The van der Waals surface area contributed by atoms with E-state index >= 15 is 0 Å². The van der Waals surface area contributed by atoms with Crippen LogP contribution >= 0.6 is 0 Å². The smallest absolute Gasteiger partial charge is 0.223 e. The fourth-order valence-corrected chi connectivity index (χ4v) is 4.29.